The molecule has 1 rings (SSSR count). The molecular weight excluding hydrogens is 391 g/mol. The number of hydrogen-bond donors (Lipinski definition) is 2. The lowest BCUT2D eigenvalue weighted by Crippen LogP contribution is -2.34. The van der Waals surface area contributed by atoms with Crippen LogP contribution in [-0.4, -0.2) is 23.6 Å². The monoisotopic (exact) mass is 406 g/mol. The van der Waals surface area contributed by atoms with E-state index in [4.69, 9.17) is 17.0 Å². The summed E-state index contributed by atoms with van der Waals surface area (Å²) < 4.78 is 5.84. The van der Waals surface area contributed by atoms with Crippen LogP contribution in [0.4, 0.5) is 5.69 Å². The molecule has 1 amide bonds. The van der Waals surface area contributed by atoms with Crippen molar-refractivity contribution in [3.8, 4) is 0 Å². The molecule has 0 aliphatic carbocycles. The first-order valence-electron chi connectivity index (χ1n) is 6.03. The lowest BCUT2D eigenvalue weighted by molar-refractivity contribution is -0.144. The molecule has 0 saturated carbocycles. The van der Waals surface area contributed by atoms with Gasteiger partial charge >= 0.3 is 5.97 Å². The van der Waals surface area contributed by atoms with Crippen LogP contribution in [0.3, 0.4) is 0 Å². The second-order valence-electron chi connectivity index (χ2n) is 3.81. The van der Waals surface area contributed by atoms with Crippen LogP contribution in [0.1, 0.15) is 19.8 Å². The summed E-state index contributed by atoms with van der Waals surface area (Å²) in [6.45, 7) is 2.03. The number of carbonyl (C=O) groups is 2. The zero-order chi connectivity index (χ0) is 15.0. The molecule has 0 aromatic heterocycles. The molecule has 2 N–H and O–H groups in total. The molecule has 0 heterocycles. The number of thiocarbonyl (C=S) groups is 1. The predicted molar refractivity (Wildman–Crippen MR) is 89.4 cm³/mol. The number of hydrogen-bond acceptors (Lipinski definition) is 4. The van der Waals surface area contributed by atoms with Crippen molar-refractivity contribution in [2.45, 2.75) is 19.8 Å². The van der Waals surface area contributed by atoms with Gasteiger partial charge in [0, 0.05) is 15.7 Å². The van der Waals surface area contributed by atoms with Gasteiger partial charge in [-0.1, -0.05) is 0 Å². The normalized spacial score (nSPS) is 9.70. The molecule has 20 heavy (non-hydrogen) atoms. The first-order valence-corrected chi connectivity index (χ1v) is 7.52. The molecule has 0 spiro atoms. The standard InChI is InChI=1S/C13H15IN2O3S/c1-2-19-12(18)8-7-11(17)16-13(20)15-10-5-3-9(14)4-6-10/h3-6H,2,7-8H2,1H3,(H2,15,16,17,20). The summed E-state index contributed by atoms with van der Waals surface area (Å²) in [5.74, 6) is -0.708. The van der Waals surface area contributed by atoms with Crippen molar-refractivity contribution < 1.29 is 14.3 Å². The summed E-state index contributed by atoms with van der Waals surface area (Å²) in [5.41, 5.74) is 0.793. The van der Waals surface area contributed by atoms with E-state index in [-0.39, 0.29) is 29.8 Å². The average molecular weight is 406 g/mol. The van der Waals surface area contributed by atoms with E-state index in [0.717, 1.165) is 9.26 Å². The minimum atomic E-state index is -0.390. The van der Waals surface area contributed by atoms with E-state index in [1.165, 1.54) is 0 Å². The highest BCUT2D eigenvalue weighted by molar-refractivity contribution is 14.1. The maximum Gasteiger partial charge on any atom is 0.306 e. The number of amides is 1. The van der Waals surface area contributed by atoms with Crippen LogP contribution in [0.5, 0.6) is 0 Å². The van der Waals surface area contributed by atoms with Gasteiger partial charge < -0.3 is 15.4 Å². The van der Waals surface area contributed by atoms with Gasteiger partial charge in [0.05, 0.1) is 13.0 Å². The fraction of sp³-hybridized carbons (Fsp3) is 0.308. The molecule has 1 aromatic carbocycles. The molecule has 108 valence electrons. The fourth-order valence-electron chi connectivity index (χ4n) is 1.33. The number of esters is 1. The lowest BCUT2D eigenvalue weighted by atomic mass is 10.3. The first-order chi connectivity index (χ1) is 9.51. The average Bonchev–Trinajstić information content (AvgIpc) is 2.39. The highest BCUT2D eigenvalue weighted by Crippen LogP contribution is 2.10. The summed E-state index contributed by atoms with van der Waals surface area (Å²) in [6.07, 6.45) is 0.0964. The van der Waals surface area contributed by atoms with Gasteiger partial charge in [-0.15, -0.1) is 0 Å². The van der Waals surface area contributed by atoms with Crippen LogP contribution < -0.4 is 10.6 Å². The van der Waals surface area contributed by atoms with Crippen molar-refractivity contribution >= 4 is 57.5 Å². The number of anilines is 1. The SMILES string of the molecule is CCOC(=O)CCC(=O)NC(=S)Nc1ccc(I)cc1. The van der Waals surface area contributed by atoms with E-state index >= 15 is 0 Å². The van der Waals surface area contributed by atoms with E-state index in [0.29, 0.717) is 6.61 Å². The molecule has 0 atom stereocenters. The molecule has 0 fully saturated rings. The topological polar surface area (TPSA) is 67.4 Å². The van der Waals surface area contributed by atoms with Gasteiger partial charge in [0.2, 0.25) is 5.91 Å². The smallest absolute Gasteiger partial charge is 0.306 e. The van der Waals surface area contributed by atoms with E-state index in [1.54, 1.807) is 6.92 Å². The van der Waals surface area contributed by atoms with Gasteiger partial charge in [0.15, 0.2) is 5.11 Å². The van der Waals surface area contributed by atoms with Gasteiger partial charge in [0.1, 0.15) is 0 Å². The second kappa shape index (κ2) is 8.85. The summed E-state index contributed by atoms with van der Waals surface area (Å²) in [7, 11) is 0. The Morgan fingerprint density at radius 1 is 1.25 bits per heavy atom. The van der Waals surface area contributed by atoms with Gasteiger partial charge in [0.25, 0.3) is 0 Å². The Morgan fingerprint density at radius 3 is 2.50 bits per heavy atom. The Morgan fingerprint density at radius 2 is 1.90 bits per heavy atom. The first kappa shape index (κ1) is 16.8. The van der Waals surface area contributed by atoms with E-state index in [1.807, 2.05) is 24.3 Å². The van der Waals surface area contributed by atoms with Crippen LogP contribution in [0.25, 0.3) is 0 Å². The number of ether oxygens (including phenoxy) is 1. The Balaban J connectivity index is 2.33. The minimum Gasteiger partial charge on any atom is -0.466 e. The quantitative estimate of drug-likeness (QED) is 0.447. The van der Waals surface area contributed by atoms with Gasteiger partial charge in [-0.25, -0.2) is 0 Å². The molecule has 0 bridgehead atoms. The molecule has 5 nitrogen and oxygen atoms in total. The lowest BCUT2D eigenvalue weighted by Gasteiger charge is -2.09. The van der Waals surface area contributed by atoms with Crippen molar-refractivity contribution in [1.82, 2.24) is 5.32 Å². The highest BCUT2D eigenvalue weighted by Gasteiger charge is 2.09. The van der Waals surface area contributed by atoms with Crippen molar-refractivity contribution in [3.63, 3.8) is 0 Å². The van der Waals surface area contributed by atoms with Gasteiger partial charge in [-0.05, 0) is 66.0 Å². The van der Waals surface area contributed by atoms with Gasteiger partial charge in [-0.2, -0.15) is 0 Å². The largest absolute Gasteiger partial charge is 0.466 e. The molecule has 0 aliphatic rings. The third-order valence-corrected chi connectivity index (χ3v) is 3.14. The zero-order valence-electron chi connectivity index (χ0n) is 10.9. The third-order valence-electron chi connectivity index (χ3n) is 2.22. The van der Waals surface area contributed by atoms with Crippen LogP contribution >= 0.6 is 34.8 Å². The Bertz CT molecular complexity index is 491. The maximum absolute atomic E-state index is 11.6. The Labute approximate surface area is 136 Å². The van der Waals surface area contributed by atoms with Crippen LogP contribution in [0, 0.1) is 3.57 Å². The van der Waals surface area contributed by atoms with E-state index in [2.05, 4.69) is 33.2 Å². The highest BCUT2D eigenvalue weighted by atomic mass is 127. The summed E-state index contributed by atoms with van der Waals surface area (Å²) in [6, 6.07) is 7.57. The fourth-order valence-corrected chi connectivity index (χ4v) is 1.92. The van der Waals surface area contributed by atoms with Crippen molar-refractivity contribution in [2.24, 2.45) is 0 Å². The van der Waals surface area contributed by atoms with Crippen LogP contribution in [-0.2, 0) is 14.3 Å². The number of rotatable bonds is 5. The van der Waals surface area contributed by atoms with E-state index in [9.17, 15) is 9.59 Å². The predicted octanol–water partition coefficient (Wildman–Crippen LogP) is 2.45. The zero-order valence-corrected chi connectivity index (χ0v) is 13.9. The van der Waals surface area contributed by atoms with Crippen LogP contribution in [0.2, 0.25) is 0 Å². The van der Waals surface area contributed by atoms with Crippen molar-refractivity contribution in [1.29, 1.82) is 0 Å². The maximum atomic E-state index is 11.6. The molecule has 0 unspecified atom stereocenters. The molecular formula is C13H15IN2O3S. The molecule has 1 aromatic rings. The Hall–Kier alpha value is -1.22. The molecule has 0 aliphatic heterocycles. The number of halogens is 1. The third kappa shape index (κ3) is 6.80. The summed E-state index contributed by atoms with van der Waals surface area (Å²) in [4.78, 5) is 22.7. The van der Waals surface area contributed by atoms with Crippen molar-refractivity contribution in [2.75, 3.05) is 11.9 Å². The number of benzene rings is 1. The molecule has 0 saturated heterocycles. The summed E-state index contributed by atoms with van der Waals surface area (Å²) in [5, 5.41) is 5.61. The second-order valence-corrected chi connectivity index (χ2v) is 5.47. The minimum absolute atomic E-state index is 0.0474. The van der Waals surface area contributed by atoms with Crippen molar-refractivity contribution in [3.05, 3.63) is 27.8 Å². The van der Waals surface area contributed by atoms with E-state index < -0.39 is 0 Å². The molecule has 0 radical (unpaired) electrons. The Kier molecular flexibility index (Phi) is 7.45. The number of nitrogens with one attached hydrogen (secondary N) is 2. The van der Waals surface area contributed by atoms with Gasteiger partial charge in [-0.3, -0.25) is 9.59 Å². The molecule has 7 heteroatoms. The number of carbonyl (C=O) groups excluding carboxylic acids is 2. The summed E-state index contributed by atoms with van der Waals surface area (Å²) >= 11 is 7.21. The van der Waals surface area contributed by atoms with Crippen LogP contribution in [0.15, 0.2) is 24.3 Å².